The molecule has 102 valence electrons. The third kappa shape index (κ3) is 3.36. The number of hydrogen-bond donors (Lipinski definition) is 2. The van der Waals surface area contributed by atoms with E-state index >= 15 is 0 Å². The van der Waals surface area contributed by atoms with Crippen LogP contribution in [-0.2, 0) is 0 Å². The Labute approximate surface area is 118 Å². The molecule has 0 aliphatic heterocycles. The standard InChI is InChI=1S/C14H20N4S/c1-4-12(15)13(11-8-6-5-7-9(11)2)19-14-16-10(3)17-18-14/h5-8,12-13H,4,15H2,1-3H3,(H,16,17,18). The predicted molar refractivity (Wildman–Crippen MR) is 79.2 cm³/mol. The van der Waals surface area contributed by atoms with Crippen molar-refractivity contribution in [3.63, 3.8) is 0 Å². The van der Waals surface area contributed by atoms with Crippen LogP contribution in [0.15, 0.2) is 29.4 Å². The number of aryl methyl sites for hydroxylation is 2. The summed E-state index contributed by atoms with van der Waals surface area (Å²) in [5.41, 5.74) is 8.81. The molecule has 0 bridgehead atoms. The van der Waals surface area contributed by atoms with E-state index in [1.54, 1.807) is 11.8 Å². The van der Waals surface area contributed by atoms with Gasteiger partial charge in [0.05, 0.1) is 5.25 Å². The number of rotatable bonds is 5. The zero-order chi connectivity index (χ0) is 13.8. The fraction of sp³-hybridized carbons (Fsp3) is 0.429. The lowest BCUT2D eigenvalue weighted by Crippen LogP contribution is -2.26. The maximum atomic E-state index is 6.29. The molecule has 0 saturated carbocycles. The number of thioether (sulfide) groups is 1. The number of aromatic amines is 1. The molecule has 2 unspecified atom stereocenters. The molecule has 1 aromatic carbocycles. The Morgan fingerprint density at radius 2 is 2.05 bits per heavy atom. The highest BCUT2D eigenvalue weighted by atomic mass is 32.2. The number of nitrogens with one attached hydrogen (secondary N) is 1. The van der Waals surface area contributed by atoms with Crippen LogP contribution in [0.2, 0.25) is 0 Å². The van der Waals surface area contributed by atoms with E-state index in [2.05, 4.69) is 53.3 Å². The minimum atomic E-state index is 0.0879. The third-order valence-electron chi connectivity index (χ3n) is 3.16. The van der Waals surface area contributed by atoms with Crippen LogP contribution in [0.3, 0.4) is 0 Å². The van der Waals surface area contributed by atoms with Gasteiger partial charge in [-0.2, -0.15) is 0 Å². The van der Waals surface area contributed by atoms with Gasteiger partial charge in [0.2, 0.25) is 5.16 Å². The molecular weight excluding hydrogens is 256 g/mol. The molecule has 4 nitrogen and oxygen atoms in total. The van der Waals surface area contributed by atoms with E-state index < -0.39 is 0 Å². The van der Waals surface area contributed by atoms with Crippen molar-refractivity contribution in [1.82, 2.24) is 15.2 Å². The lowest BCUT2D eigenvalue weighted by molar-refractivity contribution is 0.630. The lowest BCUT2D eigenvalue weighted by atomic mass is 10.00. The van der Waals surface area contributed by atoms with E-state index in [0.29, 0.717) is 0 Å². The zero-order valence-electron chi connectivity index (χ0n) is 11.6. The third-order valence-corrected chi connectivity index (χ3v) is 4.42. The van der Waals surface area contributed by atoms with Gasteiger partial charge in [-0.3, -0.25) is 5.10 Å². The summed E-state index contributed by atoms with van der Waals surface area (Å²) in [7, 11) is 0. The molecule has 1 aromatic heterocycles. The van der Waals surface area contributed by atoms with E-state index in [4.69, 9.17) is 5.73 Å². The van der Waals surface area contributed by atoms with Gasteiger partial charge in [-0.15, -0.1) is 5.10 Å². The van der Waals surface area contributed by atoms with Gasteiger partial charge in [0.25, 0.3) is 0 Å². The molecule has 0 aliphatic carbocycles. The molecule has 2 atom stereocenters. The molecule has 5 heteroatoms. The lowest BCUT2D eigenvalue weighted by Gasteiger charge is -2.23. The van der Waals surface area contributed by atoms with Crippen LogP contribution >= 0.6 is 11.8 Å². The summed E-state index contributed by atoms with van der Waals surface area (Å²) >= 11 is 1.63. The first-order chi connectivity index (χ1) is 9.11. The highest BCUT2D eigenvalue weighted by Gasteiger charge is 2.23. The van der Waals surface area contributed by atoms with Crippen LogP contribution in [0, 0.1) is 13.8 Å². The SMILES string of the molecule is CCC(N)C(Sc1n[nH]c(C)n1)c1ccccc1C. The summed E-state index contributed by atoms with van der Waals surface area (Å²) in [6.45, 7) is 6.13. The van der Waals surface area contributed by atoms with Crippen molar-refractivity contribution in [3.8, 4) is 0 Å². The molecule has 0 amide bonds. The Kier molecular flexibility index (Phi) is 4.61. The van der Waals surface area contributed by atoms with Crippen LogP contribution in [0.4, 0.5) is 0 Å². The van der Waals surface area contributed by atoms with Crippen molar-refractivity contribution in [2.75, 3.05) is 0 Å². The van der Waals surface area contributed by atoms with Crippen LogP contribution in [0.1, 0.15) is 35.5 Å². The van der Waals surface area contributed by atoms with Crippen molar-refractivity contribution >= 4 is 11.8 Å². The monoisotopic (exact) mass is 276 g/mol. The number of nitrogens with two attached hydrogens (primary N) is 1. The predicted octanol–water partition coefficient (Wildman–Crippen LogP) is 2.99. The maximum absolute atomic E-state index is 6.29. The number of aromatic nitrogens is 3. The topological polar surface area (TPSA) is 67.6 Å². The molecule has 19 heavy (non-hydrogen) atoms. The quantitative estimate of drug-likeness (QED) is 0.824. The molecule has 3 N–H and O–H groups in total. The van der Waals surface area contributed by atoms with Gasteiger partial charge in [-0.25, -0.2) is 4.98 Å². The van der Waals surface area contributed by atoms with Crippen molar-refractivity contribution in [2.45, 2.75) is 43.6 Å². The normalized spacial score (nSPS) is 14.3. The van der Waals surface area contributed by atoms with Gasteiger partial charge >= 0.3 is 0 Å². The molecule has 2 aromatic rings. The molecule has 0 fully saturated rings. The van der Waals surface area contributed by atoms with Gasteiger partial charge < -0.3 is 5.73 Å². The van der Waals surface area contributed by atoms with E-state index in [-0.39, 0.29) is 11.3 Å². The average molecular weight is 276 g/mol. The second-order valence-electron chi connectivity index (χ2n) is 4.67. The van der Waals surface area contributed by atoms with Gasteiger partial charge in [0.1, 0.15) is 5.82 Å². The number of hydrogen-bond acceptors (Lipinski definition) is 4. The second kappa shape index (κ2) is 6.21. The summed E-state index contributed by atoms with van der Waals surface area (Å²) in [5, 5.41) is 8.01. The second-order valence-corrected chi connectivity index (χ2v) is 5.78. The fourth-order valence-corrected chi connectivity index (χ4v) is 3.26. The van der Waals surface area contributed by atoms with Crippen molar-refractivity contribution in [1.29, 1.82) is 0 Å². The Hall–Kier alpha value is -1.33. The first-order valence-corrected chi connectivity index (χ1v) is 7.36. The number of H-pyrrole nitrogens is 1. The minimum absolute atomic E-state index is 0.0879. The number of nitrogens with zero attached hydrogens (tertiary/aromatic N) is 2. The molecule has 0 radical (unpaired) electrons. The summed E-state index contributed by atoms with van der Waals surface area (Å²) < 4.78 is 0. The van der Waals surface area contributed by atoms with Gasteiger partial charge in [-0.1, -0.05) is 43.0 Å². The van der Waals surface area contributed by atoms with Crippen LogP contribution in [0.5, 0.6) is 0 Å². The first kappa shape index (κ1) is 14.1. The Morgan fingerprint density at radius 3 is 2.63 bits per heavy atom. The smallest absolute Gasteiger partial charge is 0.209 e. The molecule has 0 spiro atoms. The highest BCUT2D eigenvalue weighted by molar-refractivity contribution is 7.99. The molecule has 1 heterocycles. The van der Waals surface area contributed by atoms with E-state index in [0.717, 1.165) is 17.4 Å². The summed E-state index contributed by atoms with van der Waals surface area (Å²) in [5.74, 6) is 0.830. The van der Waals surface area contributed by atoms with E-state index in [9.17, 15) is 0 Å². The van der Waals surface area contributed by atoms with E-state index in [1.165, 1.54) is 11.1 Å². The average Bonchev–Trinajstić information content (AvgIpc) is 2.82. The van der Waals surface area contributed by atoms with Crippen molar-refractivity contribution in [2.24, 2.45) is 5.73 Å². The Bertz CT molecular complexity index is 538. The van der Waals surface area contributed by atoms with Crippen molar-refractivity contribution < 1.29 is 0 Å². The summed E-state index contributed by atoms with van der Waals surface area (Å²) in [6, 6.07) is 8.46. The van der Waals surface area contributed by atoms with Crippen molar-refractivity contribution in [3.05, 3.63) is 41.2 Å². The summed E-state index contributed by atoms with van der Waals surface area (Å²) in [6.07, 6.45) is 0.926. The molecule has 0 saturated heterocycles. The van der Waals surface area contributed by atoms with E-state index in [1.807, 2.05) is 6.92 Å². The molecule has 2 rings (SSSR count). The van der Waals surface area contributed by atoms with Gasteiger partial charge in [0, 0.05) is 6.04 Å². The number of benzene rings is 1. The van der Waals surface area contributed by atoms with Crippen LogP contribution in [-0.4, -0.2) is 21.2 Å². The fourth-order valence-electron chi connectivity index (χ4n) is 1.99. The minimum Gasteiger partial charge on any atom is -0.326 e. The first-order valence-electron chi connectivity index (χ1n) is 6.48. The molecular formula is C14H20N4S. The van der Waals surface area contributed by atoms with Gasteiger partial charge in [0.15, 0.2) is 0 Å². The molecule has 0 aliphatic rings. The largest absolute Gasteiger partial charge is 0.326 e. The zero-order valence-corrected chi connectivity index (χ0v) is 12.4. The van der Waals surface area contributed by atoms with Crippen LogP contribution in [0.25, 0.3) is 0 Å². The Balaban J connectivity index is 2.29. The van der Waals surface area contributed by atoms with Crippen LogP contribution < -0.4 is 5.73 Å². The Morgan fingerprint density at radius 1 is 1.32 bits per heavy atom. The van der Waals surface area contributed by atoms with Gasteiger partial charge in [-0.05, 0) is 31.4 Å². The maximum Gasteiger partial charge on any atom is 0.209 e. The highest BCUT2D eigenvalue weighted by Crippen LogP contribution is 2.37. The summed E-state index contributed by atoms with van der Waals surface area (Å²) in [4.78, 5) is 4.36.